The zero-order chi connectivity index (χ0) is 24.1. The van der Waals surface area contributed by atoms with Crippen LogP contribution in [0.2, 0.25) is 0 Å². The Labute approximate surface area is 204 Å². The number of hydrogen-bond donors (Lipinski definition) is 0. The van der Waals surface area contributed by atoms with Gasteiger partial charge >= 0.3 is 0 Å². The Balaban J connectivity index is 1.43. The normalized spacial score (nSPS) is 13.9. The Morgan fingerprint density at radius 1 is 0.794 bits per heavy atom. The lowest BCUT2D eigenvalue weighted by atomic mass is 9.87. The second-order valence-corrected chi connectivity index (χ2v) is 9.92. The molecule has 0 amide bonds. The molecule has 1 heterocycles. The molecule has 34 heavy (non-hydrogen) atoms. The van der Waals surface area contributed by atoms with Crippen LogP contribution in [0.1, 0.15) is 56.9 Å². The molecular weight excluding hydrogens is 422 g/mol. The predicted molar refractivity (Wildman–Crippen MR) is 138 cm³/mol. The van der Waals surface area contributed by atoms with Gasteiger partial charge in [0.1, 0.15) is 11.5 Å². The minimum atomic E-state index is 0.138. The predicted octanol–water partition coefficient (Wildman–Crippen LogP) is 7.13. The number of hydrogen-bond acceptors (Lipinski definition) is 4. The van der Waals surface area contributed by atoms with E-state index in [0.717, 1.165) is 49.1 Å². The Morgan fingerprint density at radius 2 is 1.47 bits per heavy atom. The summed E-state index contributed by atoms with van der Waals surface area (Å²) in [5.74, 6) is 3.44. The van der Waals surface area contributed by atoms with Gasteiger partial charge in [0.2, 0.25) is 0 Å². The fourth-order valence-electron chi connectivity index (χ4n) is 4.42. The third kappa shape index (κ3) is 5.92. The molecule has 0 spiro atoms. The SMILES string of the molecule is CCOc1cc2c(cc1OCC)CN(Cc1cccc(Oc3ccc(C(C)(C)C)cc3)c1)CC2. The molecule has 1 aliphatic rings. The molecule has 4 heteroatoms. The van der Waals surface area contributed by atoms with Gasteiger partial charge in [-0.2, -0.15) is 0 Å². The zero-order valence-corrected chi connectivity index (χ0v) is 21.2. The highest BCUT2D eigenvalue weighted by molar-refractivity contribution is 5.48. The van der Waals surface area contributed by atoms with Crippen molar-refractivity contribution in [2.75, 3.05) is 19.8 Å². The first-order valence-electron chi connectivity index (χ1n) is 12.4. The molecule has 1 aliphatic heterocycles. The fourth-order valence-corrected chi connectivity index (χ4v) is 4.42. The minimum absolute atomic E-state index is 0.138. The van der Waals surface area contributed by atoms with Crippen molar-refractivity contribution < 1.29 is 14.2 Å². The lowest BCUT2D eigenvalue weighted by Crippen LogP contribution is -2.30. The highest BCUT2D eigenvalue weighted by Gasteiger charge is 2.20. The van der Waals surface area contributed by atoms with Gasteiger partial charge in [-0.3, -0.25) is 4.90 Å². The van der Waals surface area contributed by atoms with E-state index in [0.29, 0.717) is 13.2 Å². The molecule has 0 aliphatic carbocycles. The summed E-state index contributed by atoms with van der Waals surface area (Å²) < 4.78 is 17.8. The quantitative estimate of drug-likeness (QED) is 0.358. The number of fused-ring (bicyclic) bond motifs is 1. The van der Waals surface area contributed by atoms with E-state index < -0.39 is 0 Å². The number of ether oxygens (including phenoxy) is 3. The molecule has 0 unspecified atom stereocenters. The highest BCUT2D eigenvalue weighted by atomic mass is 16.5. The van der Waals surface area contributed by atoms with E-state index in [1.54, 1.807) is 0 Å². The second-order valence-electron chi connectivity index (χ2n) is 9.92. The maximum Gasteiger partial charge on any atom is 0.161 e. The summed E-state index contributed by atoms with van der Waals surface area (Å²) in [5.41, 5.74) is 5.38. The maximum atomic E-state index is 6.16. The monoisotopic (exact) mass is 459 g/mol. The Hall–Kier alpha value is -2.98. The molecule has 3 aromatic rings. The molecule has 0 radical (unpaired) electrons. The summed E-state index contributed by atoms with van der Waals surface area (Å²) >= 11 is 0. The van der Waals surface area contributed by atoms with Crippen molar-refractivity contribution in [1.82, 2.24) is 4.90 Å². The molecule has 0 atom stereocenters. The third-order valence-corrected chi connectivity index (χ3v) is 6.22. The highest BCUT2D eigenvalue weighted by Crippen LogP contribution is 2.34. The van der Waals surface area contributed by atoms with Crippen LogP contribution in [0.4, 0.5) is 0 Å². The van der Waals surface area contributed by atoms with Gasteiger partial charge in [0.05, 0.1) is 13.2 Å². The van der Waals surface area contributed by atoms with Crippen LogP contribution in [0.25, 0.3) is 0 Å². The molecule has 0 bridgehead atoms. The summed E-state index contributed by atoms with van der Waals surface area (Å²) in [6.07, 6.45) is 1.01. The molecular formula is C30H37NO3. The van der Waals surface area contributed by atoms with Gasteiger partial charge in [-0.1, -0.05) is 45.0 Å². The van der Waals surface area contributed by atoms with Crippen LogP contribution in [-0.2, 0) is 24.9 Å². The van der Waals surface area contributed by atoms with Crippen molar-refractivity contribution in [2.45, 2.75) is 59.5 Å². The van der Waals surface area contributed by atoms with E-state index >= 15 is 0 Å². The van der Waals surface area contributed by atoms with Gasteiger partial charge in [-0.05, 0) is 84.3 Å². The second kappa shape index (κ2) is 10.5. The first kappa shape index (κ1) is 24.2. The third-order valence-electron chi connectivity index (χ3n) is 6.22. The Kier molecular flexibility index (Phi) is 7.47. The number of nitrogens with zero attached hydrogens (tertiary/aromatic N) is 1. The molecule has 4 rings (SSSR count). The van der Waals surface area contributed by atoms with Crippen molar-refractivity contribution in [1.29, 1.82) is 0 Å². The van der Waals surface area contributed by atoms with E-state index in [9.17, 15) is 0 Å². The summed E-state index contributed by atoms with van der Waals surface area (Å²) in [5, 5.41) is 0. The van der Waals surface area contributed by atoms with Gasteiger partial charge in [0.15, 0.2) is 11.5 Å². The van der Waals surface area contributed by atoms with E-state index in [1.165, 1.54) is 22.3 Å². The van der Waals surface area contributed by atoms with E-state index in [4.69, 9.17) is 14.2 Å². The van der Waals surface area contributed by atoms with Crippen molar-refractivity contribution in [3.63, 3.8) is 0 Å². The lowest BCUT2D eigenvalue weighted by molar-refractivity contribution is 0.242. The van der Waals surface area contributed by atoms with Crippen molar-refractivity contribution in [3.05, 3.63) is 82.9 Å². The minimum Gasteiger partial charge on any atom is -0.490 e. The topological polar surface area (TPSA) is 30.9 Å². The zero-order valence-electron chi connectivity index (χ0n) is 21.2. The van der Waals surface area contributed by atoms with Crippen LogP contribution in [0.3, 0.4) is 0 Å². The van der Waals surface area contributed by atoms with Crippen LogP contribution in [0, 0.1) is 0 Å². The first-order chi connectivity index (χ1) is 16.4. The van der Waals surface area contributed by atoms with Crippen molar-refractivity contribution in [2.24, 2.45) is 0 Å². The van der Waals surface area contributed by atoms with Gasteiger partial charge in [0.25, 0.3) is 0 Å². The molecule has 0 fully saturated rings. The standard InChI is InChI=1S/C30H37NO3/c1-6-32-28-18-23-15-16-31(21-24(23)19-29(28)33-7-2)20-22-9-8-10-27(17-22)34-26-13-11-25(12-14-26)30(3,4)5/h8-14,17-19H,6-7,15-16,20-21H2,1-5H3. The number of rotatable bonds is 8. The van der Waals surface area contributed by atoms with E-state index in [1.807, 2.05) is 19.9 Å². The fraction of sp³-hybridized carbons (Fsp3) is 0.400. The Bertz CT molecular complexity index is 1100. The summed E-state index contributed by atoms with van der Waals surface area (Å²) in [6, 6.07) is 21.2. The molecule has 0 aromatic heterocycles. The van der Waals surface area contributed by atoms with Crippen LogP contribution in [0.5, 0.6) is 23.0 Å². The molecule has 4 nitrogen and oxygen atoms in total. The van der Waals surface area contributed by atoms with Gasteiger partial charge in [0, 0.05) is 19.6 Å². The van der Waals surface area contributed by atoms with Crippen molar-refractivity contribution >= 4 is 0 Å². The summed E-state index contributed by atoms with van der Waals surface area (Å²) in [7, 11) is 0. The first-order valence-corrected chi connectivity index (χ1v) is 12.4. The van der Waals surface area contributed by atoms with Crippen molar-refractivity contribution in [3.8, 4) is 23.0 Å². The summed E-state index contributed by atoms with van der Waals surface area (Å²) in [4.78, 5) is 2.48. The number of benzene rings is 3. The lowest BCUT2D eigenvalue weighted by Gasteiger charge is -2.30. The Morgan fingerprint density at radius 3 is 2.12 bits per heavy atom. The van der Waals surface area contributed by atoms with E-state index in [-0.39, 0.29) is 5.41 Å². The average Bonchev–Trinajstić information content (AvgIpc) is 2.80. The van der Waals surface area contributed by atoms with Crippen LogP contribution in [0.15, 0.2) is 60.7 Å². The van der Waals surface area contributed by atoms with Gasteiger partial charge in [-0.25, -0.2) is 0 Å². The van der Waals surface area contributed by atoms with Gasteiger partial charge < -0.3 is 14.2 Å². The van der Waals surface area contributed by atoms with Crippen LogP contribution >= 0.6 is 0 Å². The van der Waals surface area contributed by atoms with Crippen LogP contribution < -0.4 is 14.2 Å². The van der Waals surface area contributed by atoms with Gasteiger partial charge in [-0.15, -0.1) is 0 Å². The molecule has 180 valence electrons. The van der Waals surface area contributed by atoms with Crippen LogP contribution in [-0.4, -0.2) is 24.7 Å². The molecule has 0 saturated carbocycles. The average molecular weight is 460 g/mol. The molecule has 0 N–H and O–H groups in total. The maximum absolute atomic E-state index is 6.16. The summed E-state index contributed by atoms with van der Waals surface area (Å²) in [6.45, 7) is 14.8. The molecule has 3 aromatic carbocycles. The molecule has 0 saturated heterocycles. The smallest absolute Gasteiger partial charge is 0.161 e. The van der Waals surface area contributed by atoms with E-state index in [2.05, 4.69) is 80.3 Å². The largest absolute Gasteiger partial charge is 0.490 e.